The van der Waals surface area contributed by atoms with Crippen LogP contribution in [0, 0.1) is 5.82 Å². The maximum Gasteiger partial charge on any atom is 0.310 e. The Morgan fingerprint density at radius 3 is 2.47 bits per heavy atom. The first-order chi connectivity index (χ1) is 8.08. The normalized spacial score (nSPS) is 10.6. The van der Waals surface area contributed by atoms with E-state index >= 15 is 0 Å². The zero-order chi connectivity index (χ0) is 12.7. The molecule has 0 saturated heterocycles. The van der Waals surface area contributed by atoms with Crippen LogP contribution in [0.25, 0.3) is 0 Å². The van der Waals surface area contributed by atoms with Crippen LogP contribution in [0.4, 0.5) is 4.39 Å². The average molecular weight is 240 g/mol. The minimum atomic E-state index is -0.330. The first kappa shape index (κ1) is 13.6. The predicted octanol–water partition coefficient (Wildman–Crippen LogP) is 2.34. The number of halogens is 1. The first-order valence-corrected chi connectivity index (χ1v) is 5.59. The summed E-state index contributed by atoms with van der Waals surface area (Å²) in [6.45, 7) is 4.48. The van der Waals surface area contributed by atoms with Crippen molar-refractivity contribution in [3.63, 3.8) is 0 Å². The molecular weight excluding hydrogens is 223 g/mol. The fourth-order valence-corrected chi connectivity index (χ4v) is 1.26. The first-order valence-electron chi connectivity index (χ1n) is 5.59. The van der Waals surface area contributed by atoms with Gasteiger partial charge in [-0.15, -0.1) is 0 Å². The lowest BCUT2D eigenvalue weighted by molar-refractivity contribution is -0.144. The smallest absolute Gasteiger partial charge is 0.310 e. The second-order valence-corrected chi connectivity index (χ2v) is 3.94. The third-order valence-electron chi connectivity index (χ3n) is 2.06. The zero-order valence-electron chi connectivity index (χ0n) is 10.1. The minimum Gasteiger partial charge on any atom is -0.463 e. The van der Waals surface area contributed by atoms with Gasteiger partial charge >= 0.3 is 5.97 Å². The summed E-state index contributed by atoms with van der Waals surface area (Å²) in [5.41, 5.74) is 0.737. The summed E-state index contributed by atoms with van der Waals surface area (Å²) in [7, 11) is 0. The Labute approximate surface area is 101 Å². The van der Waals surface area contributed by atoms with E-state index in [4.69, 9.17) is 9.47 Å². The van der Waals surface area contributed by atoms with Crippen molar-refractivity contribution < 1.29 is 18.7 Å². The van der Waals surface area contributed by atoms with Crippen LogP contribution in [0.3, 0.4) is 0 Å². The molecule has 0 aliphatic heterocycles. The van der Waals surface area contributed by atoms with Gasteiger partial charge in [0.1, 0.15) is 12.4 Å². The number of hydrogen-bond acceptors (Lipinski definition) is 3. The van der Waals surface area contributed by atoms with Crippen LogP contribution in [-0.2, 0) is 20.7 Å². The molecule has 0 aliphatic rings. The minimum absolute atomic E-state index is 0.130. The van der Waals surface area contributed by atoms with Crippen molar-refractivity contribution in [2.75, 3.05) is 13.2 Å². The number of ether oxygens (including phenoxy) is 2. The third kappa shape index (κ3) is 6.02. The Morgan fingerprint density at radius 1 is 1.24 bits per heavy atom. The Kier molecular flexibility index (Phi) is 5.63. The van der Waals surface area contributed by atoms with E-state index in [0.717, 1.165) is 5.56 Å². The molecule has 3 nitrogen and oxygen atoms in total. The van der Waals surface area contributed by atoms with Gasteiger partial charge in [0.05, 0.1) is 19.1 Å². The van der Waals surface area contributed by atoms with Crippen molar-refractivity contribution in [3.05, 3.63) is 35.6 Å². The van der Waals surface area contributed by atoms with Crippen molar-refractivity contribution in [2.45, 2.75) is 26.4 Å². The molecule has 4 heteroatoms. The molecule has 0 aromatic heterocycles. The van der Waals surface area contributed by atoms with Gasteiger partial charge in [0, 0.05) is 0 Å². The lowest BCUT2D eigenvalue weighted by Crippen LogP contribution is -2.14. The van der Waals surface area contributed by atoms with Crippen molar-refractivity contribution >= 4 is 5.97 Å². The van der Waals surface area contributed by atoms with Gasteiger partial charge in [-0.2, -0.15) is 0 Å². The molecular formula is C13H17FO3. The summed E-state index contributed by atoms with van der Waals surface area (Å²) in [5, 5.41) is 0. The van der Waals surface area contributed by atoms with Crippen molar-refractivity contribution in [2.24, 2.45) is 0 Å². The molecule has 0 heterocycles. The Bertz CT molecular complexity index is 346. The van der Waals surface area contributed by atoms with Crippen molar-refractivity contribution in [1.82, 2.24) is 0 Å². The van der Waals surface area contributed by atoms with Gasteiger partial charge in [-0.05, 0) is 31.5 Å². The summed E-state index contributed by atoms with van der Waals surface area (Å²) in [5.74, 6) is -0.642. The number of carbonyl (C=O) groups is 1. The Hall–Kier alpha value is -1.42. The van der Waals surface area contributed by atoms with Gasteiger partial charge in [-0.1, -0.05) is 12.1 Å². The van der Waals surface area contributed by atoms with Crippen LogP contribution in [0.5, 0.6) is 0 Å². The highest BCUT2D eigenvalue weighted by Gasteiger charge is 2.05. The highest BCUT2D eigenvalue weighted by molar-refractivity contribution is 5.72. The highest BCUT2D eigenvalue weighted by atomic mass is 19.1. The second-order valence-electron chi connectivity index (χ2n) is 3.94. The molecule has 0 amide bonds. The molecule has 0 radical (unpaired) electrons. The molecule has 1 aromatic rings. The molecule has 0 atom stereocenters. The van der Waals surface area contributed by atoms with Crippen LogP contribution in [-0.4, -0.2) is 25.3 Å². The van der Waals surface area contributed by atoms with E-state index in [1.165, 1.54) is 12.1 Å². The molecule has 0 unspecified atom stereocenters. The summed E-state index contributed by atoms with van der Waals surface area (Å²) >= 11 is 0. The fourth-order valence-electron chi connectivity index (χ4n) is 1.26. The lowest BCUT2D eigenvalue weighted by Gasteiger charge is -2.08. The van der Waals surface area contributed by atoms with Gasteiger partial charge in [-0.25, -0.2) is 4.39 Å². The zero-order valence-corrected chi connectivity index (χ0v) is 10.1. The Balaban J connectivity index is 2.23. The van der Waals surface area contributed by atoms with Gasteiger partial charge in [0.2, 0.25) is 0 Å². The van der Waals surface area contributed by atoms with Crippen LogP contribution < -0.4 is 0 Å². The summed E-state index contributed by atoms with van der Waals surface area (Å²) in [6, 6.07) is 5.79. The maximum absolute atomic E-state index is 12.6. The molecule has 1 rings (SSSR count). The molecule has 17 heavy (non-hydrogen) atoms. The molecule has 1 aromatic carbocycles. The standard InChI is InChI=1S/C13H17FO3/c1-10(2)16-7-8-17-13(15)9-11-3-5-12(14)6-4-11/h3-6,10H,7-9H2,1-2H3. The molecule has 0 saturated carbocycles. The van der Waals surface area contributed by atoms with Gasteiger partial charge < -0.3 is 9.47 Å². The molecule has 0 fully saturated rings. The van der Waals surface area contributed by atoms with Crippen LogP contribution >= 0.6 is 0 Å². The van der Waals surface area contributed by atoms with E-state index in [-0.39, 0.29) is 30.9 Å². The van der Waals surface area contributed by atoms with E-state index in [2.05, 4.69) is 0 Å². The highest BCUT2D eigenvalue weighted by Crippen LogP contribution is 2.04. The van der Waals surface area contributed by atoms with Crippen LogP contribution in [0.1, 0.15) is 19.4 Å². The molecule has 94 valence electrons. The molecule has 0 spiro atoms. The summed E-state index contributed by atoms with van der Waals surface area (Å²) in [4.78, 5) is 11.4. The quantitative estimate of drug-likeness (QED) is 0.565. The van der Waals surface area contributed by atoms with Gasteiger partial charge in [0.15, 0.2) is 0 Å². The molecule has 0 bridgehead atoms. The number of rotatable bonds is 6. The van der Waals surface area contributed by atoms with Crippen molar-refractivity contribution in [3.8, 4) is 0 Å². The third-order valence-corrected chi connectivity index (χ3v) is 2.06. The van der Waals surface area contributed by atoms with E-state index in [1.807, 2.05) is 13.8 Å². The lowest BCUT2D eigenvalue weighted by atomic mass is 10.1. The average Bonchev–Trinajstić information content (AvgIpc) is 2.27. The largest absolute Gasteiger partial charge is 0.463 e. The van der Waals surface area contributed by atoms with Gasteiger partial charge in [0.25, 0.3) is 0 Å². The van der Waals surface area contributed by atoms with E-state index in [1.54, 1.807) is 12.1 Å². The summed E-state index contributed by atoms with van der Waals surface area (Å²) in [6.07, 6.45) is 0.285. The second kappa shape index (κ2) is 7.01. The monoisotopic (exact) mass is 240 g/mol. The van der Waals surface area contributed by atoms with Crippen molar-refractivity contribution in [1.29, 1.82) is 0 Å². The number of benzene rings is 1. The number of hydrogen-bond donors (Lipinski definition) is 0. The molecule has 0 aliphatic carbocycles. The predicted molar refractivity (Wildman–Crippen MR) is 62.2 cm³/mol. The Morgan fingerprint density at radius 2 is 1.88 bits per heavy atom. The molecule has 0 N–H and O–H groups in total. The van der Waals surface area contributed by atoms with Gasteiger partial charge in [-0.3, -0.25) is 4.79 Å². The maximum atomic E-state index is 12.6. The fraction of sp³-hybridized carbons (Fsp3) is 0.462. The number of esters is 1. The SMILES string of the molecule is CC(C)OCCOC(=O)Cc1ccc(F)cc1. The number of carbonyl (C=O) groups excluding carboxylic acids is 1. The summed E-state index contributed by atoms with van der Waals surface area (Å²) < 4.78 is 22.8. The topological polar surface area (TPSA) is 35.5 Å². The van der Waals surface area contributed by atoms with E-state index in [9.17, 15) is 9.18 Å². The van der Waals surface area contributed by atoms with E-state index in [0.29, 0.717) is 6.61 Å². The van der Waals surface area contributed by atoms with Crippen LogP contribution in [0.15, 0.2) is 24.3 Å². The van der Waals surface area contributed by atoms with E-state index < -0.39 is 0 Å². The van der Waals surface area contributed by atoms with Crippen LogP contribution in [0.2, 0.25) is 0 Å².